The van der Waals surface area contributed by atoms with Crippen LogP contribution in [0.5, 0.6) is 0 Å². The van der Waals surface area contributed by atoms with Gasteiger partial charge in [0.1, 0.15) is 0 Å². The van der Waals surface area contributed by atoms with Gasteiger partial charge in [0.2, 0.25) is 0 Å². The van der Waals surface area contributed by atoms with Crippen LogP contribution in [0.3, 0.4) is 0 Å². The van der Waals surface area contributed by atoms with Crippen molar-refractivity contribution in [2.24, 2.45) is 18.7 Å². The topological polar surface area (TPSA) is 43.8 Å². The minimum atomic E-state index is 0.130. The van der Waals surface area contributed by atoms with Crippen LogP contribution < -0.4 is 5.73 Å². The summed E-state index contributed by atoms with van der Waals surface area (Å²) in [5, 5.41) is 4.41. The van der Waals surface area contributed by atoms with Crippen molar-refractivity contribution in [3.8, 4) is 0 Å². The predicted molar refractivity (Wildman–Crippen MR) is 63.6 cm³/mol. The van der Waals surface area contributed by atoms with Crippen LogP contribution in [0.1, 0.15) is 51.0 Å². The largest absolute Gasteiger partial charge is 0.323 e. The molecule has 0 radical (unpaired) electrons. The molecular formula is C12H23N3. The third-order valence-electron chi connectivity index (χ3n) is 2.76. The molecule has 1 aromatic rings. The van der Waals surface area contributed by atoms with E-state index in [9.17, 15) is 0 Å². The molecule has 0 fully saturated rings. The van der Waals surface area contributed by atoms with Crippen molar-refractivity contribution in [1.29, 1.82) is 0 Å². The molecule has 1 rings (SSSR count). The number of aromatic nitrogens is 2. The Labute approximate surface area is 92.7 Å². The van der Waals surface area contributed by atoms with Gasteiger partial charge in [-0.15, -0.1) is 0 Å². The number of aryl methyl sites for hydroxylation is 2. The molecule has 86 valence electrons. The minimum absolute atomic E-state index is 0.130. The van der Waals surface area contributed by atoms with Gasteiger partial charge in [-0.3, -0.25) is 4.68 Å². The first-order valence-electron chi connectivity index (χ1n) is 5.83. The molecule has 0 amide bonds. The third kappa shape index (κ3) is 3.34. The van der Waals surface area contributed by atoms with Crippen LogP contribution in [0.2, 0.25) is 0 Å². The van der Waals surface area contributed by atoms with Gasteiger partial charge in [0.05, 0.1) is 11.4 Å². The molecule has 0 bridgehead atoms. The molecule has 0 saturated heterocycles. The summed E-state index contributed by atoms with van der Waals surface area (Å²) < 4.78 is 1.92. The summed E-state index contributed by atoms with van der Waals surface area (Å²) in [6, 6.07) is 2.26. The number of nitrogens with zero attached hydrogens (tertiary/aromatic N) is 2. The first-order chi connectivity index (χ1) is 7.04. The Morgan fingerprint density at radius 2 is 2.07 bits per heavy atom. The van der Waals surface area contributed by atoms with E-state index in [-0.39, 0.29) is 6.04 Å². The average molecular weight is 209 g/mol. The van der Waals surface area contributed by atoms with Crippen LogP contribution >= 0.6 is 0 Å². The van der Waals surface area contributed by atoms with E-state index in [1.54, 1.807) is 0 Å². The van der Waals surface area contributed by atoms with E-state index in [1.807, 2.05) is 11.7 Å². The van der Waals surface area contributed by atoms with Gasteiger partial charge in [0.25, 0.3) is 0 Å². The Morgan fingerprint density at radius 1 is 1.40 bits per heavy atom. The molecular weight excluding hydrogens is 186 g/mol. The van der Waals surface area contributed by atoms with Gasteiger partial charge >= 0.3 is 0 Å². The SMILES string of the molecule is CCc1cc(C(N)CCC(C)C)n(C)n1. The summed E-state index contributed by atoms with van der Waals surface area (Å²) in [5.74, 6) is 0.718. The van der Waals surface area contributed by atoms with E-state index >= 15 is 0 Å². The summed E-state index contributed by atoms with van der Waals surface area (Å²) in [5.41, 5.74) is 8.44. The zero-order valence-corrected chi connectivity index (χ0v) is 10.3. The highest BCUT2D eigenvalue weighted by Gasteiger charge is 2.12. The number of hydrogen-bond donors (Lipinski definition) is 1. The Balaban J connectivity index is 2.64. The second-order valence-electron chi connectivity index (χ2n) is 4.62. The summed E-state index contributed by atoms with van der Waals surface area (Å²) in [7, 11) is 1.98. The first kappa shape index (κ1) is 12.2. The van der Waals surface area contributed by atoms with Gasteiger partial charge in [-0.1, -0.05) is 20.8 Å². The second-order valence-corrected chi connectivity index (χ2v) is 4.62. The van der Waals surface area contributed by atoms with Crippen molar-refractivity contribution in [3.63, 3.8) is 0 Å². The van der Waals surface area contributed by atoms with Gasteiger partial charge in [-0.05, 0) is 31.2 Å². The molecule has 15 heavy (non-hydrogen) atoms. The van der Waals surface area contributed by atoms with Crippen molar-refractivity contribution in [2.45, 2.75) is 46.1 Å². The molecule has 1 aromatic heterocycles. The zero-order valence-electron chi connectivity index (χ0n) is 10.3. The molecule has 3 nitrogen and oxygen atoms in total. The van der Waals surface area contributed by atoms with Crippen LogP contribution in [0, 0.1) is 5.92 Å². The van der Waals surface area contributed by atoms with E-state index in [1.165, 1.54) is 6.42 Å². The normalized spacial score (nSPS) is 13.5. The van der Waals surface area contributed by atoms with Crippen LogP contribution in [-0.2, 0) is 13.5 Å². The van der Waals surface area contributed by atoms with E-state index in [2.05, 4.69) is 31.9 Å². The van der Waals surface area contributed by atoms with Gasteiger partial charge in [0.15, 0.2) is 0 Å². The molecule has 0 aliphatic carbocycles. The first-order valence-corrected chi connectivity index (χ1v) is 5.83. The van der Waals surface area contributed by atoms with Crippen molar-refractivity contribution >= 4 is 0 Å². The Kier molecular flexibility index (Phi) is 4.33. The molecule has 0 aliphatic heterocycles. The smallest absolute Gasteiger partial charge is 0.0625 e. The molecule has 2 N–H and O–H groups in total. The fourth-order valence-electron chi connectivity index (χ4n) is 1.72. The van der Waals surface area contributed by atoms with Crippen molar-refractivity contribution in [1.82, 2.24) is 9.78 Å². The quantitative estimate of drug-likeness (QED) is 0.809. The minimum Gasteiger partial charge on any atom is -0.323 e. The zero-order chi connectivity index (χ0) is 11.4. The summed E-state index contributed by atoms with van der Waals surface area (Å²) in [6.07, 6.45) is 3.19. The van der Waals surface area contributed by atoms with E-state index in [4.69, 9.17) is 5.73 Å². The highest BCUT2D eigenvalue weighted by molar-refractivity contribution is 5.13. The molecule has 1 atom stereocenters. The lowest BCUT2D eigenvalue weighted by Crippen LogP contribution is -2.15. The molecule has 1 heterocycles. The maximum absolute atomic E-state index is 6.15. The number of nitrogens with two attached hydrogens (primary N) is 1. The molecule has 0 saturated carbocycles. The van der Waals surface area contributed by atoms with Gasteiger partial charge in [0, 0.05) is 13.1 Å². The van der Waals surface area contributed by atoms with E-state index < -0.39 is 0 Å². The Morgan fingerprint density at radius 3 is 2.53 bits per heavy atom. The lowest BCUT2D eigenvalue weighted by Gasteiger charge is -2.13. The Hall–Kier alpha value is -0.830. The number of hydrogen-bond acceptors (Lipinski definition) is 2. The standard InChI is InChI=1S/C12H23N3/c1-5-10-8-12(15(4)14-10)11(13)7-6-9(2)3/h8-9,11H,5-7,13H2,1-4H3. The molecule has 0 aliphatic rings. The van der Waals surface area contributed by atoms with Gasteiger partial charge in [-0.2, -0.15) is 5.10 Å². The highest BCUT2D eigenvalue weighted by atomic mass is 15.3. The van der Waals surface area contributed by atoms with Gasteiger partial charge < -0.3 is 5.73 Å². The summed E-state index contributed by atoms with van der Waals surface area (Å²) in [6.45, 7) is 6.58. The lowest BCUT2D eigenvalue weighted by molar-refractivity contribution is 0.488. The van der Waals surface area contributed by atoms with Crippen LogP contribution in [0.15, 0.2) is 6.07 Å². The van der Waals surface area contributed by atoms with Crippen molar-refractivity contribution in [3.05, 3.63) is 17.5 Å². The predicted octanol–water partition coefficient (Wildman–Crippen LogP) is 2.42. The maximum atomic E-state index is 6.15. The van der Waals surface area contributed by atoms with E-state index in [0.29, 0.717) is 0 Å². The van der Waals surface area contributed by atoms with Gasteiger partial charge in [-0.25, -0.2) is 0 Å². The Bertz CT molecular complexity index is 302. The lowest BCUT2D eigenvalue weighted by atomic mass is 10.0. The van der Waals surface area contributed by atoms with Crippen LogP contribution in [-0.4, -0.2) is 9.78 Å². The third-order valence-corrected chi connectivity index (χ3v) is 2.76. The van der Waals surface area contributed by atoms with Crippen LogP contribution in [0.4, 0.5) is 0 Å². The van der Waals surface area contributed by atoms with Crippen molar-refractivity contribution in [2.75, 3.05) is 0 Å². The summed E-state index contributed by atoms with van der Waals surface area (Å²) in [4.78, 5) is 0. The summed E-state index contributed by atoms with van der Waals surface area (Å²) >= 11 is 0. The fourth-order valence-corrected chi connectivity index (χ4v) is 1.72. The van der Waals surface area contributed by atoms with E-state index in [0.717, 1.165) is 30.1 Å². The second kappa shape index (κ2) is 5.31. The molecule has 3 heteroatoms. The van der Waals surface area contributed by atoms with Crippen molar-refractivity contribution < 1.29 is 0 Å². The highest BCUT2D eigenvalue weighted by Crippen LogP contribution is 2.19. The maximum Gasteiger partial charge on any atom is 0.0625 e. The fraction of sp³-hybridized carbons (Fsp3) is 0.750. The average Bonchev–Trinajstić information content (AvgIpc) is 2.56. The molecule has 0 spiro atoms. The molecule has 0 aromatic carbocycles. The van der Waals surface area contributed by atoms with Crippen LogP contribution in [0.25, 0.3) is 0 Å². The molecule has 1 unspecified atom stereocenters. The number of rotatable bonds is 5. The monoisotopic (exact) mass is 209 g/mol.